The van der Waals surface area contributed by atoms with Crippen molar-refractivity contribution in [1.82, 2.24) is 0 Å². The topological polar surface area (TPSA) is 46.2 Å². The van der Waals surface area contributed by atoms with Gasteiger partial charge in [-0.1, -0.05) is 23.7 Å². The monoisotopic (exact) mass is 253 g/mol. The summed E-state index contributed by atoms with van der Waals surface area (Å²) in [4.78, 5) is 0. The molecule has 1 aromatic rings. The van der Waals surface area contributed by atoms with Crippen LogP contribution in [0.4, 0.5) is 13.2 Å². The van der Waals surface area contributed by atoms with Crippen LogP contribution >= 0.6 is 11.6 Å². The average molecular weight is 254 g/mol. The van der Waals surface area contributed by atoms with Crippen LogP contribution in [0.3, 0.4) is 0 Å². The minimum absolute atomic E-state index is 0.0893. The Labute approximate surface area is 95.8 Å². The van der Waals surface area contributed by atoms with E-state index in [0.29, 0.717) is 0 Å². The molecule has 0 saturated heterocycles. The fourth-order valence-electron chi connectivity index (χ4n) is 1.29. The third-order valence-electron chi connectivity index (χ3n) is 2.21. The second-order valence-electron chi connectivity index (χ2n) is 3.47. The van der Waals surface area contributed by atoms with Gasteiger partial charge in [-0.2, -0.15) is 13.2 Å². The largest absolute Gasteiger partial charge is 0.417 e. The van der Waals surface area contributed by atoms with Crippen molar-refractivity contribution in [2.45, 2.75) is 25.2 Å². The maximum atomic E-state index is 12.5. The van der Waals surface area contributed by atoms with E-state index in [4.69, 9.17) is 17.3 Å². The number of aliphatic hydroxyl groups is 1. The molecule has 0 radical (unpaired) electrons. The van der Waals surface area contributed by atoms with Gasteiger partial charge < -0.3 is 10.8 Å². The Kier molecular flexibility index (Phi) is 3.83. The first kappa shape index (κ1) is 13.3. The molecular formula is C10H11ClF3NO. The molecule has 0 aliphatic heterocycles. The second kappa shape index (κ2) is 4.61. The summed E-state index contributed by atoms with van der Waals surface area (Å²) < 4.78 is 37.5. The van der Waals surface area contributed by atoms with Crippen LogP contribution in [-0.2, 0) is 6.18 Å². The first-order valence-corrected chi connectivity index (χ1v) is 4.92. The van der Waals surface area contributed by atoms with Crippen molar-refractivity contribution in [1.29, 1.82) is 0 Å². The van der Waals surface area contributed by atoms with E-state index in [-0.39, 0.29) is 5.56 Å². The maximum Gasteiger partial charge on any atom is 0.417 e. The van der Waals surface area contributed by atoms with Crippen LogP contribution in [-0.4, -0.2) is 11.2 Å². The van der Waals surface area contributed by atoms with Crippen LogP contribution in [0.1, 0.15) is 24.1 Å². The molecule has 16 heavy (non-hydrogen) atoms. The third kappa shape index (κ3) is 2.66. The van der Waals surface area contributed by atoms with Crippen LogP contribution in [0.15, 0.2) is 18.2 Å². The summed E-state index contributed by atoms with van der Waals surface area (Å²) in [6.07, 6.45) is -5.49. The molecule has 0 saturated carbocycles. The Morgan fingerprint density at radius 3 is 2.38 bits per heavy atom. The summed E-state index contributed by atoms with van der Waals surface area (Å²) in [6.45, 7) is 1.39. The lowest BCUT2D eigenvalue weighted by Crippen LogP contribution is -2.24. The van der Waals surface area contributed by atoms with Gasteiger partial charge >= 0.3 is 6.18 Å². The predicted molar refractivity (Wildman–Crippen MR) is 55.1 cm³/mol. The molecule has 2 nitrogen and oxygen atoms in total. The summed E-state index contributed by atoms with van der Waals surface area (Å²) in [6, 6.07) is 2.52. The van der Waals surface area contributed by atoms with E-state index in [9.17, 15) is 18.3 Å². The molecule has 0 bridgehead atoms. The van der Waals surface area contributed by atoms with Gasteiger partial charge in [0.05, 0.1) is 22.7 Å². The van der Waals surface area contributed by atoms with Crippen LogP contribution in [0.2, 0.25) is 5.02 Å². The molecule has 0 unspecified atom stereocenters. The molecule has 0 aliphatic carbocycles. The van der Waals surface area contributed by atoms with E-state index >= 15 is 0 Å². The van der Waals surface area contributed by atoms with Crippen LogP contribution in [0.5, 0.6) is 0 Å². The Bertz CT molecular complexity index is 379. The number of nitrogens with two attached hydrogens (primary N) is 1. The Morgan fingerprint density at radius 2 is 1.94 bits per heavy atom. The highest BCUT2D eigenvalue weighted by atomic mass is 35.5. The normalized spacial score (nSPS) is 15.9. The van der Waals surface area contributed by atoms with Gasteiger partial charge in [0, 0.05) is 0 Å². The van der Waals surface area contributed by atoms with Gasteiger partial charge in [-0.3, -0.25) is 0 Å². The molecule has 0 aliphatic rings. The molecule has 0 spiro atoms. The first-order chi connectivity index (χ1) is 7.25. The molecule has 1 aromatic carbocycles. The van der Waals surface area contributed by atoms with Crippen molar-refractivity contribution in [2.75, 3.05) is 0 Å². The minimum atomic E-state index is -4.52. The van der Waals surface area contributed by atoms with Crippen molar-refractivity contribution in [2.24, 2.45) is 5.73 Å². The fraction of sp³-hybridized carbons (Fsp3) is 0.400. The van der Waals surface area contributed by atoms with Gasteiger partial charge in [0.1, 0.15) is 0 Å². The second-order valence-corrected chi connectivity index (χ2v) is 3.85. The lowest BCUT2D eigenvalue weighted by atomic mass is 10.0. The number of hydrogen-bond acceptors (Lipinski definition) is 2. The molecule has 2 atom stereocenters. The van der Waals surface area contributed by atoms with Crippen LogP contribution in [0.25, 0.3) is 0 Å². The van der Waals surface area contributed by atoms with E-state index in [1.54, 1.807) is 0 Å². The van der Waals surface area contributed by atoms with Crippen LogP contribution in [0, 0.1) is 0 Å². The van der Waals surface area contributed by atoms with Gasteiger partial charge in [-0.05, 0) is 18.6 Å². The van der Waals surface area contributed by atoms with E-state index in [1.807, 2.05) is 0 Å². The zero-order chi connectivity index (χ0) is 12.5. The maximum absolute atomic E-state index is 12.5. The highest BCUT2D eigenvalue weighted by Crippen LogP contribution is 2.37. The Hall–Kier alpha value is -0.780. The Morgan fingerprint density at radius 1 is 1.38 bits per heavy atom. The molecular weight excluding hydrogens is 243 g/mol. The number of rotatable bonds is 2. The van der Waals surface area contributed by atoms with E-state index in [0.717, 1.165) is 6.07 Å². The lowest BCUT2D eigenvalue weighted by Gasteiger charge is -2.19. The summed E-state index contributed by atoms with van der Waals surface area (Å²) in [7, 11) is 0. The summed E-state index contributed by atoms with van der Waals surface area (Å²) in [5.41, 5.74) is 4.70. The van der Waals surface area contributed by atoms with Gasteiger partial charge in [-0.15, -0.1) is 0 Å². The summed E-state index contributed by atoms with van der Waals surface area (Å²) in [5, 5.41) is 8.77. The standard InChI is InChI=1S/C10H11ClF3NO/c1-5(16)9(15)6-3-2-4-7(8(6)11)10(12,13)14/h2-5,9,16H,15H2,1H3/t5-,9+/m0/s1. The highest BCUT2D eigenvalue weighted by Gasteiger charge is 2.34. The number of benzene rings is 1. The molecule has 0 heterocycles. The van der Waals surface area contributed by atoms with Crippen molar-refractivity contribution >= 4 is 11.6 Å². The minimum Gasteiger partial charge on any atom is -0.391 e. The number of hydrogen-bond donors (Lipinski definition) is 2. The zero-order valence-corrected chi connectivity index (χ0v) is 9.18. The van der Waals surface area contributed by atoms with Crippen molar-refractivity contribution in [3.63, 3.8) is 0 Å². The zero-order valence-electron chi connectivity index (χ0n) is 8.42. The number of alkyl halides is 3. The SMILES string of the molecule is C[C@H](O)[C@@H](N)c1cccc(C(F)(F)F)c1Cl. The molecule has 0 aromatic heterocycles. The average Bonchev–Trinajstić information content (AvgIpc) is 2.15. The molecule has 6 heteroatoms. The Balaban J connectivity index is 3.24. The smallest absolute Gasteiger partial charge is 0.391 e. The van der Waals surface area contributed by atoms with Crippen molar-refractivity contribution in [3.05, 3.63) is 34.3 Å². The number of aliphatic hydroxyl groups excluding tert-OH is 1. The molecule has 90 valence electrons. The summed E-state index contributed by atoms with van der Waals surface area (Å²) in [5.74, 6) is 0. The lowest BCUT2D eigenvalue weighted by molar-refractivity contribution is -0.137. The van der Waals surface area contributed by atoms with Crippen molar-refractivity contribution in [3.8, 4) is 0 Å². The fourth-order valence-corrected chi connectivity index (χ4v) is 1.65. The van der Waals surface area contributed by atoms with Gasteiger partial charge in [-0.25, -0.2) is 0 Å². The summed E-state index contributed by atoms with van der Waals surface area (Å²) >= 11 is 5.62. The van der Waals surface area contributed by atoms with E-state index in [1.165, 1.54) is 19.1 Å². The van der Waals surface area contributed by atoms with Crippen LogP contribution < -0.4 is 5.73 Å². The molecule has 1 rings (SSSR count). The molecule has 0 fully saturated rings. The van der Waals surface area contributed by atoms with E-state index in [2.05, 4.69) is 0 Å². The van der Waals surface area contributed by atoms with Gasteiger partial charge in [0.2, 0.25) is 0 Å². The predicted octanol–water partition coefficient (Wildman–Crippen LogP) is 2.74. The molecule has 0 amide bonds. The first-order valence-electron chi connectivity index (χ1n) is 4.54. The molecule has 3 N–H and O–H groups in total. The third-order valence-corrected chi connectivity index (χ3v) is 2.63. The quantitative estimate of drug-likeness (QED) is 0.851. The van der Waals surface area contributed by atoms with Gasteiger partial charge in [0.15, 0.2) is 0 Å². The van der Waals surface area contributed by atoms with Gasteiger partial charge in [0.25, 0.3) is 0 Å². The number of halogens is 4. The highest BCUT2D eigenvalue weighted by molar-refractivity contribution is 6.32. The van der Waals surface area contributed by atoms with E-state index < -0.39 is 28.9 Å². The van der Waals surface area contributed by atoms with Crippen molar-refractivity contribution < 1.29 is 18.3 Å².